The van der Waals surface area contributed by atoms with E-state index in [1.165, 1.54) is 12.1 Å². The molecule has 2 aromatic heterocycles. The van der Waals surface area contributed by atoms with E-state index in [1.54, 1.807) is 36.2 Å². The molecule has 0 amide bonds. The molecule has 0 fully saturated rings. The fraction of sp³-hybridized carbons (Fsp3) is 0.381. The number of aliphatic hydroxyl groups is 1. The Bertz CT molecular complexity index is 1180. The van der Waals surface area contributed by atoms with Crippen molar-refractivity contribution < 1.29 is 9.50 Å². The molecule has 8 heteroatoms. The van der Waals surface area contributed by atoms with Gasteiger partial charge in [-0.25, -0.2) is 9.37 Å². The molecule has 7 nitrogen and oxygen atoms in total. The van der Waals surface area contributed by atoms with Crippen LogP contribution in [0.4, 0.5) is 4.39 Å². The van der Waals surface area contributed by atoms with E-state index in [2.05, 4.69) is 5.10 Å². The van der Waals surface area contributed by atoms with Crippen molar-refractivity contribution in [2.45, 2.75) is 51.9 Å². The van der Waals surface area contributed by atoms with E-state index >= 15 is 0 Å². The Kier molecular flexibility index (Phi) is 4.63. The Morgan fingerprint density at radius 2 is 2.17 bits per heavy atom. The minimum absolute atomic E-state index is 0.250. The molecule has 0 radical (unpaired) electrons. The van der Waals surface area contributed by atoms with Crippen molar-refractivity contribution in [3.63, 3.8) is 0 Å². The van der Waals surface area contributed by atoms with Gasteiger partial charge in [-0.2, -0.15) is 5.10 Å². The van der Waals surface area contributed by atoms with Crippen LogP contribution in [0.2, 0.25) is 0 Å². The van der Waals surface area contributed by atoms with Crippen LogP contribution in [0.3, 0.4) is 0 Å². The Hall–Kier alpha value is -2.84. The highest BCUT2D eigenvalue weighted by Crippen LogP contribution is 2.29. The molecule has 0 bridgehead atoms. The predicted octanol–water partition coefficient (Wildman–Crippen LogP) is 2.47. The summed E-state index contributed by atoms with van der Waals surface area (Å²) in [7, 11) is 0. The van der Waals surface area contributed by atoms with Gasteiger partial charge < -0.3 is 10.8 Å². The first-order chi connectivity index (χ1) is 13.6. The van der Waals surface area contributed by atoms with Crippen LogP contribution in [0, 0.1) is 5.82 Å². The van der Waals surface area contributed by atoms with Gasteiger partial charge in [0.15, 0.2) is 0 Å². The second kappa shape index (κ2) is 6.89. The number of rotatable bonds is 4. The van der Waals surface area contributed by atoms with E-state index in [4.69, 9.17) is 10.7 Å². The molecule has 1 atom stereocenters. The van der Waals surface area contributed by atoms with E-state index in [1.807, 2.05) is 12.3 Å². The van der Waals surface area contributed by atoms with Gasteiger partial charge in [0.1, 0.15) is 11.6 Å². The Morgan fingerprint density at radius 3 is 2.86 bits per heavy atom. The zero-order chi connectivity index (χ0) is 20.9. The Balaban J connectivity index is 1.81. The lowest BCUT2D eigenvalue weighted by Gasteiger charge is -2.16. The van der Waals surface area contributed by atoms with Crippen LogP contribution in [0.5, 0.6) is 0 Å². The molecular formula is C21H24FN5O2. The number of aromatic nitrogens is 4. The summed E-state index contributed by atoms with van der Waals surface area (Å²) in [5.74, 6) is 0.0866. The van der Waals surface area contributed by atoms with Gasteiger partial charge in [-0.15, -0.1) is 0 Å². The minimum atomic E-state index is -0.866. The van der Waals surface area contributed by atoms with E-state index < -0.39 is 17.5 Å². The summed E-state index contributed by atoms with van der Waals surface area (Å²) >= 11 is 0. The Labute approximate surface area is 167 Å². The van der Waals surface area contributed by atoms with Crippen LogP contribution in [0.15, 0.2) is 29.3 Å². The van der Waals surface area contributed by atoms with E-state index in [-0.39, 0.29) is 10.9 Å². The van der Waals surface area contributed by atoms with Crippen LogP contribution in [0.25, 0.3) is 22.6 Å². The molecule has 4 rings (SSSR count). The smallest absolute Gasteiger partial charge is 0.261 e. The molecule has 0 saturated heterocycles. The van der Waals surface area contributed by atoms with Crippen molar-refractivity contribution in [3.8, 4) is 0 Å². The first-order valence-corrected chi connectivity index (χ1v) is 9.58. The number of halogens is 1. The monoisotopic (exact) mass is 397 g/mol. The lowest BCUT2D eigenvalue weighted by atomic mass is 10.0. The first-order valence-electron chi connectivity index (χ1n) is 9.58. The van der Waals surface area contributed by atoms with E-state index in [0.717, 1.165) is 11.1 Å². The van der Waals surface area contributed by atoms with E-state index in [0.29, 0.717) is 36.4 Å². The summed E-state index contributed by atoms with van der Waals surface area (Å²) in [4.78, 5) is 17.7. The summed E-state index contributed by atoms with van der Waals surface area (Å²) in [6.45, 7) is 6.05. The van der Waals surface area contributed by atoms with Crippen molar-refractivity contribution in [3.05, 3.63) is 57.6 Å². The summed E-state index contributed by atoms with van der Waals surface area (Å²) in [6, 6.07) is 2.12. The highest BCUT2D eigenvalue weighted by atomic mass is 19.1. The number of hydrogen-bond acceptors (Lipinski definition) is 5. The summed E-state index contributed by atoms with van der Waals surface area (Å²) in [6.07, 6.45) is 6.14. The molecule has 29 heavy (non-hydrogen) atoms. The molecule has 0 saturated carbocycles. The number of nitrogens with two attached hydrogens (primary N) is 1. The highest BCUT2D eigenvalue weighted by molar-refractivity contribution is 5.86. The van der Waals surface area contributed by atoms with Crippen molar-refractivity contribution in [2.24, 2.45) is 5.73 Å². The third-order valence-electron chi connectivity index (χ3n) is 4.98. The van der Waals surface area contributed by atoms with Gasteiger partial charge in [0, 0.05) is 24.3 Å². The number of hydrogen-bond donors (Lipinski definition) is 2. The molecular weight excluding hydrogens is 373 g/mol. The normalized spacial score (nSPS) is 16.6. The van der Waals surface area contributed by atoms with Crippen LogP contribution in [0.1, 0.15) is 50.2 Å². The molecule has 3 heterocycles. The number of nitrogens with zero attached hydrogens (tertiary/aromatic N) is 4. The second-order valence-electron chi connectivity index (χ2n) is 8.28. The van der Waals surface area contributed by atoms with Crippen LogP contribution < -0.4 is 11.3 Å². The molecule has 1 aliphatic rings. The fourth-order valence-electron chi connectivity index (χ4n) is 3.73. The summed E-state index contributed by atoms with van der Waals surface area (Å²) in [5.41, 5.74) is 7.61. The topological polar surface area (TPSA) is 99.0 Å². The van der Waals surface area contributed by atoms with Crippen LogP contribution >= 0.6 is 0 Å². The molecule has 152 valence electrons. The van der Waals surface area contributed by atoms with Gasteiger partial charge in [-0.3, -0.25) is 14.0 Å². The van der Waals surface area contributed by atoms with Gasteiger partial charge in [0.2, 0.25) is 0 Å². The SMILES string of the molecule is C[C@@H](N)c1cc(F)cc2c(=O)n3c(nc12)C(=Cc1cnn(CC(C)(C)O)c1)CC3. The maximum atomic E-state index is 14.0. The minimum Gasteiger partial charge on any atom is -0.389 e. The quantitative estimate of drug-likeness (QED) is 0.705. The highest BCUT2D eigenvalue weighted by Gasteiger charge is 2.23. The summed E-state index contributed by atoms with van der Waals surface area (Å²) < 4.78 is 17.3. The van der Waals surface area contributed by atoms with Gasteiger partial charge in [0.05, 0.1) is 29.2 Å². The van der Waals surface area contributed by atoms with Crippen LogP contribution in [-0.2, 0) is 13.1 Å². The lowest BCUT2D eigenvalue weighted by Crippen LogP contribution is -2.26. The molecule has 0 spiro atoms. The van der Waals surface area contributed by atoms with Crippen molar-refractivity contribution in [2.75, 3.05) is 0 Å². The number of benzene rings is 1. The molecule has 0 aliphatic carbocycles. The van der Waals surface area contributed by atoms with Crippen LogP contribution in [-0.4, -0.2) is 30.0 Å². The van der Waals surface area contributed by atoms with E-state index in [9.17, 15) is 14.3 Å². The zero-order valence-corrected chi connectivity index (χ0v) is 16.7. The third-order valence-corrected chi connectivity index (χ3v) is 4.98. The third kappa shape index (κ3) is 3.73. The lowest BCUT2D eigenvalue weighted by molar-refractivity contribution is 0.0577. The Morgan fingerprint density at radius 1 is 1.41 bits per heavy atom. The van der Waals surface area contributed by atoms with Gasteiger partial charge in [0.25, 0.3) is 5.56 Å². The maximum Gasteiger partial charge on any atom is 0.261 e. The average molecular weight is 397 g/mol. The average Bonchev–Trinajstić information content (AvgIpc) is 3.21. The maximum absolute atomic E-state index is 14.0. The van der Waals surface area contributed by atoms with Gasteiger partial charge >= 0.3 is 0 Å². The fourth-order valence-corrected chi connectivity index (χ4v) is 3.73. The molecule has 0 unspecified atom stereocenters. The largest absolute Gasteiger partial charge is 0.389 e. The number of allylic oxidation sites excluding steroid dienone is 1. The van der Waals surface area contributed by atoms with Crippen molar-refractivity contribution in [1.82, 2.24) is 19.3 Å². The molecule has 3 N–H and O–H groups in total. The molecule has 1 aromatic carbocycles. The predicted molar refractivity (Wildman–Crippen MR) is 110 cm³/mol. The van der Waals surface area contributed by atoms with Crippen molar-refractivity contribution >= 4 is 22.6 Å². The summed E-state index contributed by atoms with van der Waals surface area (Å²) in [5, 5.41) is 14.5. The second-order valence-corrected chi connectivity index (χ2v) is 8.28. The molecule has 1 aliphatic heterocycles. The van der Waals surface area contributed by atoms with Crippen molar-refractivity contribution in [1.29, 1.82) is 0 Å². The zero-order valence-electron chi connectivity index (χ0n) is 16.7. The molecule has 3 aromatic rings. The number of fused-ring (bicyclic) bond motifs is 2. The standard InChI is InChI=1S/C21H24FN5O2/c1-12(23)16-7-15(22)8-17-18(16)25-19-14(4-5-27(19)20(17)28)6-13-9-24-26(10-13)11-21(2,3)29/h6-10,12,29H,4-5,11,23H2,1-3H3/t12-/m1/s1. The van der Waals surface area contributed by atoms with Gasteiger partial charge in [-0.1, -0.05) is 0 Å². The first kappa shape index (κ1) is 19.5. The van der Waals surface area contributed by atoms with Gasteiger partial charge in [-0.05, 0) is 56.5 Å².